The van der Waals surface area contributed by atoms with Crippen LogP contribution in [0.15, 0.2) is 24.3 Å². The van der Waals surface area contributed by atoms with Crippen molar-refractivity contribution >= 4 is 39.0 Å². The third-order valence-electron chi connectivity index (χ3n) is 4.10. The molecule has 0 saturated heterocycles. The predicted octanol–water partition coefficient (Wildman–Crippen LogP) is 3.35. The van der Waals surface area contributed by atoms with E-state index in [9.17, 15) is 9.59 Å². The SMILES string of the molecule is COCCC1(C(=O)Nc2ccc3sc(C(=O)O)cc3c2)CC1. The number of carbonyl (C=O) groups excluding carboxylic acids is 1. The molecule has 6 heteroatoms. The topological polar surface area (TPSA) is 75.6 Å². The maximum Gasteiger partial charge on any atom is 0.345 e. The van der Waals surface area contributed by atoms with Crippen LogP contribution in [0.5, 0.6) is 0 Å². The molecular formula is C16H17NO4S. The molecule has 0 aliphatic heterocycles. The van der Waals surface area contributed by atoms with E-state index in [1.165, 1.54) is 11.3 Å². The lowest BCUT2D eigenvalue weighted by atomic mass is 10.0. The largest absolute Gasteiger partial charge is 0.477 e. The lowest BCUT2D eigenvalue weighted by Gasteiger charge is -2.14. The van der Waals surface area contributed by atoms with Gasteiger partial charge in [-0.25, -0.2) is 4.79 Å². The van der Waals surface area contributed by atoms with Gasteiger partial charge in [0.1, 0.15) is 4.88 Å². The first-order valence-electron chi connectivity index (χ1n) is 7.11. The van der Waals surface area contributed by atoms with Crippen molar-refractivity contribution in [3.8, 4) is 0 Å². The number of carboxylic acids is 1. The van der Waals surface area contributed by atoms with Crippen molar-refractivity contribution in [3.63, 3.8) is 0 Å². The Kier molecular flexibility index (Phi) is 3.88. The Morgan fingerprint density at radius 3 is 2.77 bits per heavy atom. The second kappa shape index (κ2) is 5.70. The van der Waals surface area contributed by atoms with Gasteiger partial charge in [-0.15, -0.1) is 11.3 Å². The molecule has 3 rings (SSSR count). The van der Waals surface area contributed by atoms with Crippen molar-refractivity contribution in [1.82, 2.24) is 0 Å². The summed E-state index contributed by atoms with van der Waals surface area (Å²) in [4.78, 5) is 23.7. The summed E-state index contributed by atoms with van der Waals surface area (Å²) in [5.41, 5.74) is 0.419. The van der Waals surface area contributed by atoms with Gasteiger partial charge in [0.25, 0.3) is 0 Å². The highest BCUT2D eigenvalue weighted by Gasteiger charge is 2.49. The first kappa shape index (κ1) is 15.0. The number of anilines is 1. The molecule has 1 saturated carbocycles. The van der Waals surface area contributed by atoms with Gasteiger partial charge in [0.15, 0.2) is 0 Å². The number of aromatic carboxylic acids is 1. The number of carbonyl (C=O) groups is 2. The van der Waals surface area contributed by atoms with Gasteiger partial charge in [0.2, 0.25) is 5.91 Å². The van der Waals surface area contributed by atoms with Crippen LogP contribution in [0.4, 0.5) is 5.69 Å². The second-order valence-corrected chi connectivity index (χ2v) is 6.73. The van der Waals surface area contributed by atoms with Crippen LogP contribution in [0.3, 0.4) is 0 Å². The van der Waals surface area contributed by atoms with Crippen molar-refractivity contribution in [1.29, 1.82) is 0 Å². The van der Waals surface area contributed by atoms with E-state index in [1.54, 1.807) is 13.2 Å². The van der Waals surface area contributed by atoms with Gasteiger partial charge in [-0.3, -0.25) is 4.79 Å². The Morgan fingerprint density at radius 2 is 2.14 bits per heavy atom. The fourth-order valence-electron chi connectivity index (χ4n) is 2.53. The lowest BCUT2D eigenvalue weighted by molar-refractivity contribution is -0.121. The molecule has 22 heavy (non-hydrogen) atoms. The molecule has 0 radical (unpaired) electrons. The summed E-state index contributed by atoms with van der Waals surface area (Å²) in [6.45, 7) is 0.582. The molecule has 0 atom stereocenters. The highest BCUT2D eigenvalue weighted by molar-refractivity contribution is 7.20. The average molecular weight is 319 g/mol. The summed E-state index contributed by atoms with van der Waals surface area (Å²) in [6.07, 6.45) is 2.53. The van der Waals surface area contributed by atoms with Crippen molar-refractivity contribution in [3.05, 3.63) is 29.1 Å². The van der Waals surface area contributed by atoms with Crippen molar-refractivity contribution in [2.24, 2.45) is 5.41 Å². The molecule has 1 amide bonds. The predicted molar refractivity (Wildman–Crippen MR) is 85.6 cm³/mol. The highest BCUT2D eigenvalue weighted by atomic mass is 32.1. The number of fused-ring (bicyclic) bond motifs is 1. The summed E-state index contributed by atoms with van der Waals surface area (Å²) < 4.78 is 5.97. The molecule has 0 unspecified atom stereocenters. The number of rotatable bonds is 6. The summed E-state index contributed by atoms with van der Waals surface area (Å²) in [7, 11) is 1.64. The van der Waals surface area contributed by atoms with E-state index in [4.69, 9.17) is 9.84 Å². The third kappa shape index (κ3) is 2.84. The quantitative estimate of drug-likeness (QED) is 0.856. The first-order chi connectivity index (χ1) is 10.5. The number of ether oxygens (including phenoxy) is 1. The average Bonchev–Trinajstić information content (AvgIpc) is 3.16. The van der Waals surface area contributed by atoms with E-state index in [0.29, 0.717) is 17.2 Å². The lowest BCUT2D eigenvalue weighted by Crippen LogP contribution is -2.25. The summed E-state index contributed by atoms with van der Waals surface area (Å²) in [6, 6.07) is 7.12. The van der Waals surface area contributed by atoms with Gasteiger partial charge in [-0.2, -0.15) is 0 Å². The number of benzene rings is 1. The standard InChI is InChI=1S/C16H17NO4S/c1-21-7-6-16(4-5-16)15(20)17-11-2-3-12-10(8-11)9-13(22-12)14(18)19/h2-3,8-9H,4-7H2,1H3,(H,17,20)(H,18,19). The molecular weight excluding hydrogens is 302 g/mol. The minimum atomic E-state index is -0.928. The number of carboxylic acid groups (broad SMARTS) is 1. The number of methoxy groups -OCH3 is 1. The normalized spacial score (nSPS) is 15.7. The molecule has 2 N–H and O–H groups in total. The third-order valence-corrected chi connectivity index (χ3v) is 5.21. The van der Waals surface area contributed by atoms with Crippen LogP contribution < -0.4 is 5.32 Å². The Balaban J connectivity index is 1.76. The maximum absolute atomic E-state index is 12.4. The van der Waals surface area contributed by atoms with Crippen LogP contribution >= 0.6 is 11.3 Å². The van der Waals surface area contributed by atoms with Gasteiger partial charge >= 0.3 is 5.97 Å². The Labute approximate surface area is 131 Å². The zero-order valence-corrected chi connectivity index (χ0v) is 13.0. The number of hydrogen-bond donors (Lipinski definition) is 2. The van der Waals surface area contributed by atoms with Crippen LogP contribution in [-0.4, -0.2) is 30.7 Å². The Bertz CT molecular complexity index is 733. The minimum absolute atomic E-state index is 0.0255. The fraction of sp³-hybridized carbons (Fsp3) is 0.375. The highest BCUT2D eigenvalue weighted by Crippen LogP contribution is 2.49. The van der Waals surface area contributed by atoms with E-state index in [1.807, 2.05) is 18.2 Å². The smallest absolute Gasteiger partial charge is 0.345 e. The Hall–Kier alpha value is -1.92. The molecule has 0 bridgehead atoms. The van der Waals surface area contributed by atoms with Gasteiger partial charge in [0.05, 0.1) is 5.41 Å². The molecule has 1 fully saturated rings. The molecule has 1 aromatic carbocycles. The summed E-state index contributed by atoms with van der Waals surface area (Å²) in [5.74, 6) is -0.902. The molecule has 1 heterocycles. The van der Waals surface area contributed by atoms with Crippen LogP contribution in [0.25, 0.3) is 10.1 Å². The number of amides is 1. The molecule has 1 aliphatic rings. The molecule has 5 nitrogen and oxygen atoms in total. The second-order valence-electron chi connectivity index (χ2n) is 5.65. The molecule has 2 aromatic rings. The molecule has 1 aromatic heterocycles. The van der Waals surface area contributed by atoms with E-state index in [2.05, 4.69) is 5.32 Å². The van der Waals surface area contributed by atoms with Crippen LogP contribution in [0.1, 0.15) is 28.9 Å². The fourth-order valence-corrected chi connectivity index (χ4v) is 3.41. The van der Waals surface area contributed by atoms with Gasteiger partial charge in [-0.1, -0.05) is 0 Å². The van der Waals surface area contributed by atoms with Crippen LogP contribution in [-0.2, 0) is 9.53 Å². The zero-order chi connectivity index (χ0) is 15.7. The molecule has 1 aliphatic carbocycles. The molecule has 0 spiro atoms. The van der Waals surface area contributed by atoms with E-state index in [0.717, 1.165) is 29.3 Å². The van der Waals surface area contributed by atoms with E-state index < -0.39 is 5.97 Å². The maximum atomic E-state index is 12.4. The van der Waals surface area contributed by atoms with E-state index >= 15 is 0 Å². The first-order valence-corrected chi connectivity index (χ1v) is 7.93. The van der Waals surface area contributed by atoms with Crippen molar-refractivity contribution < 1.29 is 19.4 Å². The van der Waals surface area contributed by atoms with Crippen molar-refractivity contribution in [2.75, 3.05) is 19.0 Å². The molecule has 116 valence electrons. The number of hydrogen-bond acceptors (Lipinski definition) is 4. The van der Waals surface area contributed by atoms with Gasteiger partial charge in [0, 0.05) is 24.1 Å². The van der Waals surface area contributed by atoms with Crippen LogP contribution in [0, 0.1) is 5.41 Å². The van der Waals surface area contributed by atoms with Gasteiger partial charge in [-0.05, 0) is 48.9 Å². The summed E-state index contributed by atoms with van der Waals surface area (Å²) in [5, 5.41) is 12.8. The minimum Gasteiger partial charge on any atom is -0.477 e. The number of nitrogens with one attached hydrogen (secondary N) is 1. The Morgan fingerprint density at radius 1 is 1.36 bits per heavy atom. The number of thiophene rings is 1. The zero-order valence-electron chi connectivity index (χ0n) is 12.2. The summed E-state index contributed by atoms with van der Waals surface area (Å²) >= 11 is 1.23. The monoisotopic (exact) mass is 319 g/mol. The van der Waals surface area contributed by atoms with Crippen LogP contribution in [0.2, 0.25) is 0 Å². The van der Waals surface area contributed by atoms with E-state index in [-0.39, 0.29) is 11.3 Å². The van der Waals surface area contributed by atoms with Crippen molar-refractivity contribution in [2.45, 2.75) is 19.3 Å². The van der Waals surface area contributed by atoms with Gasteiger partial charge < -0.3 is 15.2 Å².